The van der Waals surface area contributed by atoms with Gasteiger partial charge in [0, 0.05) is 43.7 Å². The molecule has 88 valence electrons. The van der Waals surface area contributed by atoms with E-state index in [4.69, 9.17) is 4.74 Å². The van der Waals surface area contributed by atoms with E-state index in [1.54, 1.807) is 19.2 Å². The minimum absolute atomic E-state index is 0.0752. The number of nitrogens with one attached hydrogen (secondary N) is 1. The molecule has 4 heteroatoms. The van der Waals surface area contributed by atoms with Crippen LogP contribution in [0.2, 0.25) is 0 Å². The van der Waals surface area contributed by atoms with Crippen molar-refractivity contribution in [2.24, 2.45) is 0 Å². The van der Waals surface area contributed by atoms with Gasteiger partial charge in [-0.15, -0.1) is 0 Å². The molecule has 0 spiro atoms. The summed E-state index contributed by atoms with van der Waals surface area (Å²) in [6, 6.07) is 3.64. The summed E-state index contributed by atoms with van der Waals surface area (Å²) >= 11 is 0. The predicted molar refractivity (Wildman–Crippen MR) is 62.9 cm³/mol. The van der Waals surface area contributed by atoms with E-state index < -0.39 is 0 Å². The molecule has 2 atom stereocenters. The fraction of sp³-hybridized carbons (Fsp3) is 0.583. The highest BCUT2D eigenvalue weighted by Crippen LogP contribution is 2.21. The van der Waals surface area contributed by atoms with Gasteiger partial charge in [-0.05, 0) is 13.8 Å². The molecule has 0 aromatic carbocycles. The number of hydrogen-bond donors (Lipinski definition) is 1. The zero-order valence-corrected chi connectivity index (χ0v) is 9.99. The van der Waals surface area contributed by atoms with E-state index in [9.17, 15) is 4.79 Å². The summed E-state index contributed by atoms with van der Waals surface area (Å²) in [5.41, 5.74) is 2.08. The number of nitrogens with zero attached hydrogens (tertiary/aromatic N) is 1. The number of methoxy groups -OCH3 is 1. The summed E-state index contributed by atoms with van der Waals surface area (Å²) in [7, 11) is 1.73. The van der Waals surface area contributed by atoms with Crippen LogP contribution in [0.5, 0.6) is 0 Å². The summed E-state index contributed by atoms with van der Waals surface area (Å²) in [6.45, 7) is 5.70. The Labute approximate surface area is 95.2 Å². The Morgan fingerprint density at radius 1 is 1.31 bits per heavy atom. The molecule has 1 aliphatic rings. The predicted octanol–water partition coefficient (Wildman–Crippen LogP) is 0.624. The van der Waals surface area contributed by atoms with Gasteiger partial charge < -0.3 is 14.6 Å². The second-order valence-corrected chi connectivity index (χ2v) is 4.34. The van der Waals surface area contributed by atoms with Gasteiger partial charge in [-0.1, -0.05) is 0 Å². The Morgan fingerprint density at radius 2 is 1.94 bits per heavy atom. The fourth-order valence-corrected chi connectivity index (χ4v) is 2.53. The number of aryl methyl sites for hydroxylation is 2. The third kappa shape index (κ3) is 1.90. The number of ether oxygens (including phenoxy) is 1. The van der Waals surface area contributed by atoms with Gasteiger partial charge in [-0.3, -0.25) is 4.79 Å². The van der Waals surface area contributed by atoms with E-state index in [0.717, 1.165) is 24.5 Å². The van der Waals surface area contributed by atoms with Crippen molar-refractivity contribution in [3.05, 3.63) is 33.7 Å². The first-order valence-electron chi connectivity index (χ1n) is 5.57. The first-order chi connectivity index (χ1) is 7.63. The van der Waals surface area contributed by atoms with Crippen LogP contribution in [-0.2, 0) is 4.74 Å². The first-order valence-corrected chi connectivity index (χ1v) is 5.57. The molecule has 1 aliphatic heterocycles. The van der Waals surface area contributed by atoms with E-state index in [0.29, 0.717) is 0 Å². The highest BCUT2D eigenvalue weighted by molar-refractivity contribution is 5.15. The number of pyridine rings is 1. The maximum absolute atomic E-state index is 11.4. The van der Waals surface area contributed by atoms with Crippen molar-refractivity contribution in [1.29, 1.82) is 0 Å². The lowest BCUT2D eigenvalue weighted by Crippen LogP contribution is -2.28. The lowest BCUT2D eigenvalue weighted by Gasteiger charge is -2.25. The zero-order chi connectivity index (χ0) is 11.7. The van der Waals surface area contributed by atoms with E-state index in [1.165, 1.54) is 0 Å². The van der Waals surface area contributed by atoms with Crippen molar-refractivity contribution in [1.82, 2.24) is 9.88 Å². The van der Waals surface area contributed by atoms with Gasteiger partial charge in [0.05, 0.1) is 12.1 Å². The lowest BCUT2D eigenvalue weighted by atomic mass is 10.1. The summed E-state index contributed by atoms with van der Waals surface area (Å²) in [4.78, 5) is 11.4. The topological polar surface area (TPSA) is 43.3 Å². The zero-order valence-electron chi connectivity index (χ0n) is 9.99. The highest BCUT2D eigenvalue weighted by Gasteiger charge is 2.29. The van der Waals surface area contributed by atoms with Crippen LogP contribution in [0.1, 0.15) is 17.4 Å². The molecule has 1 fully saturated rings. The molecule has 1 unspecified atom stereocenters. The molecule has 1 aromatic heterocycles. The lowest BCUT2D eigenvalue weighted by molar-refractivity contribution is 0.0851. The van der Waals surface area contributed by atoms with Crippen LogP contribution in [0.3, 0.4) is 0 Å². The molecule has 0 saturated carbocycles. The van der Waals surface area contributed by atoms with E-state index >= 15 is 0 Å². The van der Waals surface area contributed by atoms with Gasteiger partial charge in [0.25, 0.3) is 0 Å². The van der Waals surface area contributed by atoms with Gasteiger partial charge in [-0.25, -0.2) is 0 Å². The van der Waals surface area contributed by atoms with Crippen molar-refractivity contribution in [3.63, 3.8) is 0 Å². The minimum atomic E-state index is 0.0752. The van der Waals surface area contributed by atoms with Crippen LogP contribution >= 0.6 is 0 Å². The molecule has 0 radical (unpaired) electrons. The first kappa shape index (κ1) is 11.4. The Balaban J connectivity index is 2.43. The molecule has 0 bridgehead atoms. The number of hydrogen-bond acceptors (Lipinski definition) is 3. The smallest absolute Gasteiger partial charge is 0.182 e. The van der Waals surface area contributed by atoms with Crippen LogP contribution in [0.25, 0.3) is 0 Å². The Morgan fingerprint density at radius 3 is 2.50 bits per heavy atom. The Kier molecular flexibility index (Phi) is 3.12. The second kappa shape index (κ2) is 4.39. The second-order valence-electron chi connectivity index (χ2n) is 4.34. The monoisotopic (exact) mass is 222 g/mol. The van der Waals surface area contributed by atoms with Crippen molar-refractivity contribution < 1.29 is 4.74 Å². The molecule has 1 N–H and O–H groups in total. The average molecular weight is 222 g/mol. The molecular formula is C12H18N2O2. The Hall–Kier alpha value is -1.13. The Bertz CT molecular complexity index is 413. The van der Waals surface area contributed by atoms with Crippen LogP contribution in [-0.4, -0.2) is 30.9 Å². The SMILES string of the molecule is CO[C@H]1CNCC1n1c(C)cc(=O)cc1C. The summed E-state index contributed by atoms with van der Waals surface area (Å²) in [5.74, 6) is 0. The third-order valence-electron chi connectivity index (χ3n) is 3.22. The van der Waals surface area contributed by atoms with Gasteiger partial charge in [-0.2, -0.15) is 0 Å². The molecule has 16 heavy (non-hydrogen) atoms. The summed E-state index contributed by atoms with van der Waals surface area (Å²) < 4.78 is 7.65. The molecule has 1 aromatic rings. The number of rotatable bonds is 2. The molecule has 2 rings (SSSR count). The van der Waals surface area contributed by atoms with E-state index in [2.05, 4.69) is 9.88 Å². The van der Waals surface area contributed by atoms with Crippen molar-refractivity contribution >= 4 is 0 Å². The molecule has 2 heterocycles. The van der Waals surface area contributed by atoms with Gasteiger partial charge in [0.2, 0.25) is 0 Å². The molecule has 0 amide bonds. The van der Waals surface area contributed by atoms with Crippen LogP contribution in [0.15, 0.2) is 16.9 Å². The van der Waals surface area contributed by atoms with E-state index in [1.807, 2.05) is 13.8 Å². The standard InChI is InChI=1S/C12H18N2O2/c1-8-4-10(15)5-9(2)14(8)11-6-13-7-12(11)16-3/h4-5,11-13H,6-7H2,1-3H3/t11?,12-/m0/s1. The van der Waals surface area contributed by atoms with Crippen LogP contribution < -0.4 is 10.7 Å². The van der Waals surface area contributed by atoms with Gasteiger partial charge in [0.15, 0.2) is 5.43 Å². The summed E-state index contributed by atoms with van der Waals surface area (Å²) in [5, 5.41) is 3.32. The van der Waals surface area contributed by atoms with E-state index in [-0.39, 0.29) is 17.6 Å². The third-order valence-corrected chi connectivity index (χ3v) is 3.22. The maximum atomic E-state index is 11.4. The summed E-state index contributed by atoms with van der Waals surface area (Å²) in [6.07, 6.45) is 0.180. The van der Waals surface area contributed by atoms with Crippen LogP contribution in [0, 0.1) is 13.8 Å². The van der Waals surface area contributed by atoms with Crippen molar-refractivity contribution in [2.75, 3.05) is 20.2 Å². The minimum Gasteiger partial charge on any atom is -0.378 e. The molecule has 1 saturated heterocycles. The van der Waals surface area contributed by atoms with Crippen molar-refractivity contribution in [3.8, 4) is 0 Å². The fourth-order valence-electron chi connectivity index (χ4n) is 2.53. The quantitative estimate of drug-likeness (QED) is 0.798. The van der Waals surface area contributed by atoms with Gasteiger partial charge >= 0.3 is 0 Å². The van der Waals surface area contributed by atoms with Gasteiger partial charge in [0.1, 0.15) is 0 Å². The normalized spacial score (nSPS) is 24.9. The average Bonchev–Trinajstić information content (AvgIpc) is 2.64. The number of aromatic nitrogens is 1. The molecule has 0 aliphatic carbocycles. The maximum Gasteiger partial charge on any atom is 0.182 e. The molecule has 4 nitrogen and oxygen atoms in total. The van der Waals surface area contributed by atoms with Crippen molar-refractivity contribution in [2.45, 2.75) is 26.0 Å². The highest BCUT2D eigenvalue weighted by atomic mass is 16.5. The largest absolute Gasteiger partial charge is 0.378 e. The molecular weight excluding hydrogens is 204 g/mol. The van der Waals surface area contributed by atoms with Crippen LogP contribution in [0.4, 0.5) is 0 Å².